The van der Waals surface area contributed by atoms with E-state index < -0.39 is 13.9 Å². The molecular formula is C30H32ClFN10O2Si. The first-order valence-electron chi connectivity index (χ1n) is 14.8. The first-order valence-corrected chi connectivity index (χ1v) is 18.9. The average molecular weight is 647 g/mol. The molecule has 2 atom stereocenters. The summed E-state index contributed by atoms with van der Waals surface area (Å²) >= 11 is 6.17. The Morgan fingerprint density at radius 1 is 1.18 bits per heavy atom. The topological polar surface area (TPSA) is 133 Å². The minimum absolute atomic E-state index is 0.0325. The number of imidazole rings is 1. The van der Waals surface area contributed by atoms with Crippen LogP contribution in [-0.4, -0.2) is 76.2 Å². The number of aromatic nitrogens is 9. The zero-order valence-corrected chi connectivity index (χ0v) is 26.9. The van der Waals surface area contributed by atoms with Crippen LogP contribution >= 0.6 is 11.6 Å². The normalized spacial score (nSPS) is 18.6. The minimum Gasteiger partial charge on any atom is -0.361 e. The molecule has 12 nitrogen and oxygen atoms in total. The lowest BCUT2D eigenvalue weighted by atomic mass is 9.92. The molecule has 0 spiro atoms. The third kappa shape index (κ3) is 5.57. The zero-order valence-electron chi connectivity index (χ0n) is 25.1. The quantitative estimate of drug-likeness (QED) is 0.166. The van der Waals surface area contributed by atoms with Crippen LogP contribution in [0.2, 0.25) is 30.7 Å². The highest BCUT2D eigenvalue weighted by Crippen LogP contribution is 2.44. The largest absolute Gasteiger partial charge is 0.361 e. The summed E-state index contributed by atoms with van der Waals surface area (Å²) in [4.78, 5) is 32.5. The van der Waals surface area contributed by atoms with Crippen LogP contribution in [0, 0.1) is 5.82 Å². The second-order valence-corrected chi connectivity index (χ2v) is 18.7. The minimum atomic E-state index is -1.20. The lowest BCUT2D eigenvalue weighted by Crippen LogP contribution is -2.39. The molecule has 4 aromatic heterocycles. The third-order valence-corrected chi connectivity index (χ3v) is 10.5. The number of amides is 1. The zero-order chi connectivity index (χ0) is 31.3. The number of nitrogens with zero attached hydrogens (tertiary/aromatic N) is 9. The van der Waals surface area contributed by atoms with Crippen molar-refractivity contribution in [1.29, 1.82) is 0 Å². The maximum Gasteiger partial charge on any atom is 0.247 e. The molecule has 15 heteroatoms. The molecule has 1 fully saturated rings. The summed E-state index contributed by atoms with van der Waals surface area (Å²) in [6, 6.07) is 3.82. The Labute approximate surface area is 264 Å². The van der Waals surface area contributed by atoms with Crippen molar-refractivity contribution in [2.24, 2.45) is 0 Å². The van der Waals surface area contributed by atoms with Crippen LogP contribution in [0.3, 0.4) is 0 Å². The maximum absolute atomic E-state index is 15.5. The smallest absolute Gasteiger partial charge is 0.247 e. The van der Waals surface area contributed by atoms with Crippen molar-refractivity contribution in [2.75, 3.05) is 6.61 Å². The molecule has 1 N–H and O–H groups in total. The predicted octanol–water partition coefficient (Wildman–Crippen LogP) is 5.42. The number of ether oxygens (including phenoxy) is 1. The fraction of sp³-hybridized carbons (Fsp3) is 0.367. The van der Waals surface area contributed by atoms with Gasteiger partial charge >= 0.3 is 0 Å². The number of carbonyl (C=O) groups excluding carboxylic acids is 1. The van der Waals surface area contributed by atoms with Gasteiger partial charge in [0, 0.05) is 55.7 Å². The molecule has 0 bridgehead atoms. The van der Waals surface area contributed by atoms with Gasteiger partial charge in [0.15, 0.2) is 5.82 Å². The van der Waals surface area contributed by atoms with E-state index >= 15 is 4.39 Å². The number of nitrogens with one attached hydrogen (secondary N) is 1. The molecule has 0 saturated carbocycles. The van der Waals surface area contributed by atoms with E-state index in [4.69, 9.17) is 21.3 Å². The molecule has 1 unspecified atom stereocenters. The van der Waals surface area contributed by atoms with E-state index in [2.05, 4.69) is 50.1 Å². The molecule has 1 amide bonds. The lowest BCUT2D eigenvalue weighted by molar-refractivity contribution is -0.129. The Morgan fingerprint density at radius 3 is 2.84 bits per heavy atom. The number of hydrogen-bond donors (Lipinski definition) is 1. The first-order chi connectivity index (χ1) is 21.7. The second-order valence-electron chi connectivity index (χ2n) is 12.7. The summed E-state index contributed by atoms with van der Waals surface area (Å²) in [6.07, 6.45) is 11.9. The maximum atomic E-state index is 15.5. The average Bonchev–Trinajstić information content (AvgIpc) is 3.82. The Morgan fingerprint density at radius 2 is 2.04 bits per heavy atom. The molecule has 2 aliphatic rings. The van der Waals surface area contributed by atoms with Crippen LogP contribution < -0.4 is 0 Å². The highest BCUT2D eigenvalue weighted by Gasteiger charge is 2.42. The van der Waals surface area contributed by atoms with Crippen LogP contribution in [0.25, 0.3) is 33.6 Å². The fourth-order valence-corrected chi connectivity index (χ4v) is 7.14. The number of carbonyl (C=O) groups is 1. The Bertz CT molecular complexity index is 1920. The van der Waals surface area contributed by atoms with Crippen molar-refractivity contribution in [1.82, 2.24) is 49.6 Å². The van der Waals surface area contributed by atoms with E-state index in [9.17, 15) is 4.79 Å². The molecule has 5 aromatic rings. The van der Waals surface area contributed by atoms with Gasteiger partial charge in [-0.25, -0.2) is 19.3 Å². The van der Waals surface area contributed by atoms with Crippen molar-refractivity contribution in [2.45, 2.75) is 63.8 Å². The standard InChI is InChI=1S/C30H32ClFN10O2Si/c1-45(2,3)9-8-44-17-40-14-21(20-12-33-15-35-30(20)40)23-13-34-29(37-23)25-6-4-19-10-18(11-26(43)42(19)25)27-24(41-16-36-38-39-41)7-5-22(31)28(27)32/h5,7,11-16,19,25H,4,6,8-10,17H2,1-3H3,(H,34,37)/t19?,25-/m0/s1. The molecule has 1 saturated heterocycles. The van der Waals surface area contributed by atoms with Gasteiger partial charge in [0.1, 0.15) is 30.9 Å². The SMILES string of the molecule is C[Si](C)(C)CCOCn1cc(-c2cnc([C@@H]3CCC4CC(c5c(-n6cnnn6)ccc(Cl)c5F)=CC(=O)N43)[nH]2)c2cncnc21. The molecule has 0 radical (unpaired) electrons. The highest BCUT2D eigenvalue weighted by atomic mass is 35.5. The number of aromatic amines is 1. The third-order valence-electron chi connectivity index (χ3n) is 8.47. The molecule has 232 valence electrons. The second kappa shape index (κ2) is 11.6. The first kappa shape index (κ1) is 29.4. The summed E-state index contributed by atoms with van der Waals surface area (Å²) < 4.78 is 24.8. The summed E-state index contributed by atoms with van der Waals surface area (Å²) in [5.41, 5.74) is 3.71. The number of fused-ring (bicyclic) bond motifs is 2. The van der Waals surface area contributed by atoms with Gasteiger partial charge in [-0.2, -0.15) is 4.68 Å². The summed E-state index contributed by atoms with van der Waals surface area (Å²) in [7, 11) is -1.20. The molecular weight excluding hydrogens is 615 g/mol. The monoisotopic (exact) mass is 646 g/mol. The number of rotatable bonds is 9. The number of halogens is 2. The van der Waals surface area contributed by atoms with Crippen LogP contribution in [0.4, 0.5) is 4.39 Å². The van der Waals surface area contributed by atoms with Crippen molar-refractivity contribution >= 4 is 42.2 Å². The van der Waals surface area contributed by atoms with Crippen molar-refractivity contribution < 1.29 is 13.9 Å². The van der Waals surface area contributed by atoms with E-state index in [-0.39, 0.29) is 28.6 Å². The molecule has 6 heterocycles. The van der Waals surface area contributed by atoms with Crippen LogP contribution in [0.5, 0.6) is 0 Å². The molecule has 0 aliphatic carbocycles. The Hall–Kier alpha value is -4.27. The summed E-state index contributed by atoms with van der Waals surface area (Å²) in [5, 5.41) is 12.1. The van der Waals surface area contributed by atoms with Gasteiger partial charge < -0.3 is 19.2 Å². The predicted molar refractivity (Wildman–Crippen MR) is 169 cm³/mol. The van der Waals surface area contributed by atoms with Gasteiger partial charge in [-0.3, -0.25) is 4.79 Å². The van der Waals surface area contributed by atoms with Crippen LogP contribution in [0.1, 0.15) is 36.7 Å². The summed E-state index contributed by atoms with van der Waals surface area (Å²) in [6.45, 7) is 8.08. The van der Waals surface area contributed by atoms with E-state index in [1.54, 1.807) is 18.5 Å². The Kier molecular flexibility index (Phi) is 7.58. The molecule has 45 heavy (non-hydrogen) atoms. The van der Waals surface area contributed by atoms with Crippen molar-refractivity contribution in [3.63, 3.8) is 0 Å². The van der Waals surface area contributed by atoms with Gasteiger partial charge in [-0.1, -0.05) is 31.2 Å². The number of tetrazole rings is 1. The van der Waals surface area contributed by atoms with E-state index in [1.807, 2.05) is 15.7 Å². The van der Waals surface area contributed by atoms with Crippen LogP contribution in [0.15, 0.2) is 49.5 Å². The van der Waals surface area contributed by atoms with E-state index in [0.717, 1.165) is 41.2 Å². The number of hydrogen-bond acceptors (Lipinski definition) is 8. The van der Waals surface area contributed by atoms with Gasteiger partial charge in [-0.15, -0.1) is 5.10 Å². The van der Waals surface area contributed by atoms with Crippen LogP contribution in [-0.2, 0) is 16.3 Å². The molecule has 7 rings (SSSR count). The summed E-state index contributed by atoms with van der Waals surface area (Å²) in [5.74, 6) is -0.110. The molecule has 1 aromatic carbocycles. The van der Waals surface area contributed by atoms with Gasteiger partial charge in [0.05, 0.1) is 28.6 Å². The van der Waals surface area contributed by atoms with E-state index in [0.29, 0.717) is 36.8 Å². The highest BCUT2D eigenvalue weighted by molar-refractivity contribution is 6.76. The molecule has 2 aliphatic heterocycles. The van der Waals surface area contributed by atoms with Gasteiger partial charge in [-0.05, 0) is 53.4 Å². The van der Waals surface area contributed by atoms with Gasteiger partial charge in [0.25, 0.3) is 0 Å². The Balaban J connectivity index is 1.15. The lowest BCUT2D eigenvalue weighted by Gasteiger charge is -2.33. The fourth-order valence-electron chi connectivity index (χ4n) is 6.23. The van der Waals surface area contributed by atoms with Crippen molar-refractivity contribution in [3.8, 4) is 16.9 Å². The van der Waals surface area contributed by atoms with Crippen molar-refractivity contribution in [3.05, 3.63) is 71.7 Å². The number of benzene rings is 1. The van der Waals surface area contributed by atoms with E-state index in [1.165, 1.54) is 29.5 Å². The van der Waals surface area contributed by atoms with Gasteiger partial charge in [0.2, 0.25) is 5.91 Å². The number of H-pyrrole nitrogens is 1.